The van der Waals surface area contributed by atoms with E-state index in [0.29, 0.717) is 18.2 Å². The van der Waals surface area contributed by atoms with Crippen molar-refractivity contribution in [2.75, 3.05) is 31.2 Å². The molecule has 3 aromatic rings. The molecule has 0 N–H and O–H groups in total. The van der Waals surface area contributed by atoms with E-state index in [2.05, 4.69) is 14.9 Å². The van der Waals surface area contributed by atoms with Crippen LogP contribution in [0.5, 0.6) is 0 Å². The maximum atomic E-state index is 13.3. The molecule has 1 aromatic carbocycles. The van der Waals surface area contributed by atoms with Crippen LogP contribution >= 0.6 is 11.6 Å². The molecule has 0 unspecified atom stereocenters. The number of morpholine rings is 1. The van der Waals surface area contributed by atoms with Gasteiger partial charge in [-0.2, -0.15) is 0 Å². The maximum absolute atomic E-state index is 13.3. The first-order valence-electron chi connectivity index (χ1n) is 7.34. The second-order valence-corrected chi connectivity index (χ2v) is 5.72. The van der Waals surface area contributed by atoms with Crippen molar-refractivity contribution < 1.29 is 9.13 Å². The summed E-state index contributed by atoms with van der Waals surface area (Å²) in [6, 6.07) is 4.36. The molecule has 0 bridgehead atoms. The molecular formula is C16H14ClFN4O. The Hall–Kier alpha value is -2.18. The summed E-state index contributed by atoms with van der Waals surface area (Å²) in [5, 5.41) is 0.358. The first kappa shape index (κ1) is 14.4. The van der Waals surface area contributed by atoms with Gasteiger partial charge in [0, 0.05) is 31.0 Å². The molecule has 5 nitrogen and oxygen atoms in total. The normalized spacial score (nSPS) is 15.3. The predicted molar refractivity (Wildman–Crippen MR) is 86.4 cm³/mol. The minimum absolute atomic E-state index is 0.358. The van der Waals surface area contributed by atoms with Gasteiger partial charge >= 0.3 is 0 Å². The van der Waals surface area contributed by atoms with Crippen LogP contribution in [0.25, 0.3) is 16.9 Å². The molecule has 7 heteroatoms. The van der Waals surface area contributed by atoms with E-state index in [1.54, 1.807) is 18.5 Å². The minimum Gasteiger partial charge on any atom is -0.378 e. The third-order valence-corrected chi connectivity index (χ3v) is 4.24. The van der Waals surface area contributed by atoms with Crippen molar-refractivity contribution in [3.05, 3.63) is 47.6 Å². The molecule has 0 aliphatic carbocycles. The summed E-state index contributed by atoms with van der Waals surface area (Å²) in [4.78, 5) is 11.1. The lowest BCUT2D eigenvalue weighted by Gasteiger charge is -2.27. The van der Waals surface area contributed by atoms with Crippen LogP contribution < -0.4 is 4.90 Å². The molecule has 1 aliphatic rings. The van der Waals surface area contributed by atoms with E-state index in [1.807, 2.05) is 10.6 Å². The first-order valence-corrected chi connectivity index (χ1v) is 7.72. The largest absolute Gasteiger partial charge is 0.378 e. The predicted octanol–water partition coefficient (Wildman–Crippen LogP) is 3.03. The number of aromatic nitrogens is 3. The van der Waals surface area contributed by atoms with Crippen molar-refractivity contribution in [2.45, 2.75) is 0 Å². The molecule has 0 spiro atoms. The first-order chi connectivity index (χ1) is 11.2. The number of imidazole rings is 1. The number of hydrogen-bond acceptors (Lipinski definition) is 4. The summed E-state index contributed by atoms with van der Waals surface area (Å²) in [6.45, 7) is 2.93. The highest BCUT2D eigenvalue weighted by atomic mass is 35.5. The average molecular weight is 333 g/mol. The minimum atomic E-state index is -0.358. The fraction of sp³-hybridized carbons (Fsp3) is 0.250. The lowest BCUT2D eigenvalue weighted by molar-refractivity contribution is 0.122. The number of rotatable bonds is 2. The van der Waals surface area contributed by atoms with Crippen LogP contribution in [0.2, 0.25) is 5.02 Å². The highest BCUT2D eigenvalue weighted by Gasteiger charge is 2.18. The van der Waals surface area contributed by atoms with Crippen LogP contribution in [-0.2, 0) is 4.74 Å². The highest BCUT2D eigenvalue weighted by Crippen LogP contribution is 2.30. The molecule has 2 aromatic heterocycles. The Morgan fingerprint density at radius 1 is 1.17 bits per heavy atom. The van der Waals surface area contributed by atoms with Gasteiger partial charge in [0.05, 0.1) is 30.1 Å². The van der Waals surface area contributed by atoms with Crippen LogP contribution in [0.4, 0.5) is 10.2 Å². The molecule has 23 heavy (non-hydrogen) atoms. The molecule has 1 fully saturated rings. The Morgan fingerprint density at radius 2 is 2.00 bits per heavy atom. The van der Waals surface area contributed by atoms with Gasteiger partial charge in [-0.25, -0.2) is 14.4 Å². The summed E-state index contributed by atoms with van der Waals surface area (Å²) < 4.78 is 20.6. The zero-order valence-electron chi connectivity index (χ0n) is 12.2. The fourth-order valence-electron chi connectivity index (χ4n) is 2.80. The van der Waals surface area contributed by atoms with Crippen LogP contribution in [0, 0.1) is 5.82 Å². The second-order valence-electron chi connectivity index (χ2n) is 5.31. The number of fused-ring (bicyclic) bond motifs is 1. The number of ether oxygens (including phenoxy) is 1. The Morgan fingerprint density at radius 3 is 2.78 bits per heavy atom. The summed E-state index contributed by atoms with van der Waals surface area (Å²) in [7, 11) is 0. The highest BCUT2D eigenvalue weighted by molar-refractivity contribution is 6.33. The molecule has 0 radical (unpaired) electrons. The Bertz CT molecular complexity index is 860. The summed E-state index contributed by atoms with van der Waals surface area (Å²) >= 11 is 6.19. The van der Waals surface area contributed by atoms with E-state index in [9.17, 15) is 4.39 Å². The van der Waals surface area contributed by atoms with Crippen LogP contribution in [-0.4, -0.2) is 40.7 Å². The van der Waals surface area contributed by atoms with Crippen molar-refractivity contribution in [3.8, 4) is 11.3 Å². The Labute approximate surface area is 137 Å². The lowest BCUT2D eigenvalue weighted by atomic mass is 10.1. The van der Waals surface area contributed by atoms with Crippen molar-refractivity contribution in [2.24, 2.45) is 0 Å². The number of nitrogens with zero attached hydrogens (tertiary/aromatic N) is 4. The van der Waals surface area contributed by atoms with Gasteiger partial charge in [-0.05, 0) is 18.2 Å². The number of halogens is 2. The van der Waals surface area contributed by atoms with Gasteiger partial charge in [0.1, 0.15) is 5.82 Å². The van der Waals surface area contributed by atoms with Crippen LogP contribution in [0.1, 0.15) is 0 Å². The monoisotopic (exact) mass is 332 g/mol. The number of hydrogen-bond donors (Lipinski definition) is 0. The van der Waals surface area contributed by atoms with Gasteiger partial charge in [-0.3, -0.25) is 4.40 Å². The molecule has 1 aliphatic heterocycles. The summed E-state index contributed by atoms with van der Waals surface area (Å²) in [6.07, 6.45) is 5.31. The summed E-state index contributed by atoms with van der Waals surface area (Å²) in [5.41, 5.74) is 2.30. The molecular weight excluding hydrogens is 319 g/mol. The van der Waals surface area contributed by atoms with E-state index < -0.39 is 0 Å². The second kappa shape index (κ2) is 5.79. The topological polar surface area (TPSA) is 42.7 Å². The molecule has 118 valence electrons. The molecule has 0 atom stereocenters. The van der Waals surface area contributed by atoms with Gasteiger partial charge in [-0.15, -0.1) is 0 Å². The Kier molecular flexibility index (Phi) is 3.63. The summed E-state index contributed by atoms with van der Waals surface area (Å²) in [5.74, 6) is 0.462. The van der Waals surface area contributed by atoms with Crippen molar-refractivity contribution in [1.29, 1.82) is 0 Å². The zero-order valence-corrected chi connectivity index (χ0v) is 13.0. The molecule has 3 heterocycles. The van der Waals surface area contributed by atoms with E-state index >= 15 is 0 Å². The van der Waals surface area contributed by atoms with Crippen molar-refractivity contribution in [3.63, 3.8) is 0 Å². The van der Waals surface area contributed by atoms with Crippen LogP contribution in [0.15, 0.2) is 36.8 Å². The van der Waals surface area contributed by atoms with Gasteiger partial charge in [0.15, 0.2) is 11.5 Å². The fourth-order valence-corrected chi connectivity index (χ4v) is 3.06. The van der Waals surface area contributed by atoms with Gasteiger partial charge in [0.25, 0.3) is 0 Å². The molecule has 0 saturated carbocycles. The third-order valence-electron chi connectivity index (χ3n) is 3.93. The van der Waals surface area contributed by atoms with Crippen molar-refractivity contribution >= 4 is 23.1 Å². The standard InChI is InChI=1S/C16H14ClFN4O/c17-13-9-11(18)1-2-12(13)14-10-20-16-15(19-3-4-22(14)16)21-5-7-23-8-6-21/h1-4,9-10H,5-8H2. The Balaban J connectivity index is 1.84. The third kappa shape index (κ3) is 2.54. The quantitative estimate of drug-likeness (QED) is 0.723. The SMILES string of the molecule is Fc1ccc(-c2cnc3c(N4CCOCC4)nccn23)c(Cl)c1. The van der Waals surface area contributed by atoms with Crippen LogP contribution in [0.3, 0.4) is 0 Å². The zero-order chi connectivity index (χ0) is 15.8. The van der Waals surface area contributed by atoms with Crippen molar-refractivity contribution in [1.82, 2.24) is 14.4 Å². The molecule has 4 rings (SSSR count). The van der Waals surface area contributed by atoms with E-state index in [4.69, 9.17) is 16.3 Å². The molecule has 0 amide bonds. The number of anilines is 1. The lowest BCUT2D eigenvalue weighted by Crippen LogP contribution is -2.37. The average Bonchev–Trinajstić information content (AvgIpc) is 2.99. The number of benzene rings is 1. The van der Waals surface area contributed by atoms with E-state index in [0.717, 1.165) is 35.8 Å². The van der Waals surface area contributed by atoms with Gasteiger partial charge < -0.3 is 9.64 Å². The smallest absolute Gasteiger partial charge is 0.180 e. The van der Waals surface area contributed by atoms with E-state index in [1.165, 1.54) is 12.1 Å². The van der Waals surface area contributed by atoms with Gasteiger partial charge in [-0.1, -0.05) is 11.6 Å². The van der Waals surface area contributed by atoms with Gasteiger partial charge in [0.2, 0.25) is 0 Å². The van der Waals surface area contributed by atoms with E-state index in [-0.39, 0.29) is 5.82 Å². The molecule has 1 saturated heterocycles. The maximum Gasteiger partial charge on any atom is 0.180 e.